The molecule has 116 valence electrons. The minimum Gasteiger partial charge on any atom is -0.342 e. The van der Waals surface area contributed by atoms with Crippen molar-refractivity contribution in [1.82, 2.24) is 19.7 Å². The Morgan fingerprint density at radius 1 is 1.33 bits per heavy atom. The van der Waals surface area contributed by atoms with Gasteiger partial charge in [0.15, 0.2) is 0 Å². The van der Waals surface area contributed by atoms with Crippen LogP contribution in [-0.4, -0.2) is 45.2 Å². The maximum Gasteiger partial charge on any atom is 0.226 e. The van der Waals surface area contributed by atoms with Crippen LogP contribution in [0.1, 0.15) is 43.8 Å². The van der Waals surface area contributed by atoms with Gasteiger partial charge in [-0.2, -0.15) is 0 Å². The average molecular weight is 291 g/mol. The number of aryl methyl sites for hydroxylation is 1. The number of nitrogens with two attached hydrogens (primary N) is 1. The van der Waals surface area contributed by atoms with Crippen LogP contribution >= 0.6 is 0 Å². The zero-order valence-electron chi connectivity index (χ0n) is 12.7. The first-order chi connectivity index (χ1) is 10.2. The van der Waals surface area contributed by atoms with Crippen LogP contribution in [0.2, 0.25) is 0 Å². The molecule has 6 heteroatoms. The van der Waals surface area contributed by atoms with E-state index in [1.807, 2.05) is 16.5 Å². The van der Waals surface area contributed by atoms with Gasteiger partial charge in [0, 0.05) is 32.0 Å². The first kappa shape index (κ1) is 14.5. The lowest BCUT2D eigenvalue weighted by molar-refractivity contribution is -0.137. The highest BCUT2D eigenvalue weighted by Crippen LogP contribution is 2.34. The smallest absolute Gasteiger partial charge is 0.226 e. The third kappa shape index (κ3) is 2.81. The molecule has 1 aliphatic carbocycles. The summed E-state index contributed by atoms with van der Waals surface area (Å²) in [7, 11) is 1.98. The first-order valence-electron chi connectivity index (χ1n) is 8.03. The fourth-order valence-corrected chi connectivity index (χ4v) is 3.90. The summed E-state index contributed by atoms with van der Waals surface area (Å²) < 4.78 is 1.99. The van der Waals surface area contributed by atoms with Crippen molar-refractivity contribution in [3.8, 4) is 0 Å². The van der Waals surface area contributed by atoms with Crippen LogP contribution in [0, 0.1) is 11.8 Å². The molecule has 1 saturated carbocycles. The fraction of sp³-hybridized carbons (Fsp3) is 0.800. The van der Waals surface area contributed by atoms with Gasteiger partial charge in [-0.1, -0.05) is 6.42 Å². The topological polar surface area (TPSA) is 77.0 Å². The second kappa shape index (κ2) is 6.13. The number of carbonyl (C=O) groups is 1. The Morgan fingerprint density at radius 2 is 2.10 bits per heavy atom. The van der Waals surface area contributed by atoms with Gasteiger partial charge < -0.3 is 15.2 Å². The zero-order valence-corrected chi connectivity index (χ0v) is 12.7. The molecule has 2 fully saturated rings. The van der Waals surface area contributed by atoms with E-state index >= 15 is 0 Å². The Morgan fingerprint density at radius 3 is 2.71 bits per heavy atom. The van der Waals surface area contributed by atoms with Crippen LogP contribution in [0.15, 0.2) is 6.33 Å². The average Bonchev–Trinajstić information content (AvgIpc) is 3.15. The Bertz CT molecular complexity index is 492. The summed E-state index contributed by atoms with van der Waals surface area (Å²) in [6, 6.07) is 0. The molecule has 1 amide bonds. The first-order valence-corrected chi connectivity index (χ1v) is 8.03. The van der Waals surface area contributed by atoms with Crippen LogP contribution < -0.4 is 5.73 Å². The second-order valence-corrected chi connectivity index (χ2v) is 6.43. The molecule has 2 heterocycles. The number of piperidine rings is 1. The molecule has 1 aromatic rings. The van der Waals surface area contributed by atoms with E-state index < -0.39 is 0 Å². The van der Waals surface area contributed by atoms with E-state index in [1.54, 1.807) is 6.33 Å². The van der Waals surface area contributed by atoms with Crippen molar-refractivity contribution in [2.45, 2.75) is 38.0 Å². The summed E-state index contributed by atoms with van der Waals surface area (Å²) in [6.07, 6.45) is 6.99. The standard InChI is InChI=1S/C15H25N5O/c1-19-10-17-18-14(19)11-5-7-20(8-6-11)15(21)13-4-2-3-12(13)9-16/h10-13H,2-9,16H2,1H3/t12-,13-/m1/s1. The molecule has 3 rings (SSSR count). The Hall–Kier alpha value is -1.43. The molecule has 2 N–H and O–H groups in total. The minimum absolute atomic E-state index is 0.168. The highest BCUT2D eigenvalue weighted by molar-refractivity contribution is 5.79. The monoisotopic (exact) mass is 291 g/mol. The van der Waals surface area contributed by atoms with Crippen LogP contribution in [0.4, 0.5) is 0 Å². The highest BCUT2D eigenvalue weighted by Gasteiger charge is 2.36. The van der Waals surface area contributed by atoms with Crippen LogP contribution in [-0.2, 0) is 11.8 Å². The third-order valence-corrected chi connectivity index (χ3v) is 5.20. The molecule has 2 atom stereocenters. The molecule has 1 aromatic heterocycles. The Kier molecular flexibility index (Phi) is 4.24. The van der Waals surface area contributed by atoms with Gasteiger partial charge in [-0.25, -0.2) is 0 Å². The van der Waals surface area contributed by atoms with Gasteiger partial charge in [-0.05, 0) is 38.1 Å². The third-order valence-electron chi connectivity index (χ3n) is 5.20. The fourth-order valence-electron chi connectivity index (χ4n) is 3.90. The van der Waals surface area contributed by atoms with E-state index in [1.165, 1.54) is 0 Å². The van der Waals surface area contributed by atoms with Gasteiger partial charge in [-0.3, -0.25) is 4.79 Å². The lowest BCUT2D eigenvalue weighted by Crippen LogP contribution is -2.43. The summed E-state index contributed by atoms with van der Waals surface area (Å²) in [5, 5.41) is 8.16. The number of carbonyl (C=O) groups excluding carboxylic acids is 1. The van der Waals surface area contributed by atoms with Gasteiger partial charge in [0.05, 0.1) is 0 Å². The number of nitrogens with zero attached hydrogens (tertiary/aromatic N) is 4. The highest BCUT2D eigenvalue weighted by atomic mass is 16.2. The number of rotatable bonds is 3. The van der Waals surface area contributed by atoms with E-state index in [2.05, 4.69) is 10.2 Å². The number of hydrogen-bond acceptors (Lipinski definition) is 4. The number of amides is 1. The predicted molar refractivity (Wildman–Crippen MR) is 79.4 cm³/mol. The van der Waals surface area contributed by atoms with Gasteiger partial charge in [-0.15, -0.1) is 10.2 Å². The number of aromatic nitrogens is 3. The van der Waals surface area contributed by atoms with Crippen LogP contribution in [0.3, 0.4) is 0 Å². The molecule has 21 heavy (non-hydrogen) atoms. The Balaban J connectivity index is 1.58. The number of likely N-dealkylation sites (tertiary alicyclic amines) is 1. The maximum atomic E-state index is 12.7. The molecular weight excluding hydrogens is 266 g/mol. The summed E-state index contributed by atoms with van der Waals surface area (Å²) in [5.74, 6) is 2.37. The largest absolute Gasteiger partial charge is 0.342 e. The van der Waals surface area contributed by atoms with Crippen molar-refractivity contribution in [2.24, 2.45) is 24.6 Å². The van der Waals surface area contributed by atoms with Crippen molar-refractivity contribution >= 4 is 5.91 Å². The summed E-state index contributed by atoms with van der Waals surface area (Å²) in [4.78, 5) is 14.7. The van der Waals surface area contributed by atoms with E-state index in [9.17, 15) is 4.79 Å². The second-order valence-electron chi connectivity index (χ2n) is 6.43. The quantitative estimate of drug-likeness (QED) is 0.897. The van der Waals surface area contributed by atoms with Crippen molar-refractivity contribution in [2.75, 3.05) is 19.6 Å². The zero-order chi connectivity index (χ0) is 14.8. The van der Waals surface area contributed by atoms with Gasteiger partial charge in [0.1, 0.15) is 12.2 Å². The van der Waals surface area contributed by atoms with E-state index in [0.29, 0.717) is 24.3 Å². The molecule has 0 unspecified atom stereocenters. The minimum atomic E-state index is 0.168. The summed E-state index contributed by atoms with van der Waals surface area (Å²) in [5.41, 5.74) is 5.81. The molecule has 1 aliphatic heterocycles. The predicted octanol–water partition coefficient (Wildman–Crippen LogP) is 0.896. The molecule has 0 aromatic carbocycles. The summed E-state index contributed by atoms with van der Waals surface area (Å²) >= 11 is 0. The molecule has 0 bridgehead atoms. The molecule has 0 radical (unpaired) electrons. The van der Waals surface area contributed by atoms with Gasteiger partial charge in [0.2, 0.25) is 5.91 Å². The van der Waals surface area contributed by atoms with Crippen molar-refractivity contribution in [3.63, 3.8) is 0 Å². The van der Waals surface area contributed by atoms with Crippen molar-refractivity contribution < 1.29 is 4.79 Å². The SMILES string of the molecule is Cn1cnnc1C1CCN(C(=O)[C@@H]2CCC[C@@H]2CN)CC1. The van der Waals surface area contributed by atoms with E-state index in [-0.39, 0.29) is 5.92 Å². The molecule has 0 spiro atoms. The molecular formula is C15H25N5O. The lowest BCUT2D eigenvalue weighted by Gasteiger charge is -2.34. The van der Waals surface area contributed by atoms with Crippen molar-refractivity contribution in [3.05, 3.63) is 12.2 Å². The maximum absolute atomic E-state index is 12.7. The molecule has 1 saturated heterocycles. The van der Waals surface area contributed by atoms with Gasteiger partial charge >= 0.3 is 0 Å². The Labute approximate surface area is 125 Å². The number of hydrogen-bond donors (Lipinski definition) is 1. The van der Waals surface area contributed by atoms with Gasteiger partial charge in [0.25, 0.3) is 0 Å². The van der Waals surface area contributed by atoms with Crippen molar-refractivity contribution in [1.29, 1.82) is 0 Å². The van der Waals surface area contributed by atoms with Crippen LogP contribution in [0.5, 0.6) is 0 Å². The van der Waals surface area contributed by atoms with Crippen LogP contribution in [0.25, 0.3) is 0 Å². The van der Waals surface area contributed by atoms with E-state index in [0.717, 1.165) is 51.0 Å². The lowest BCUT2D eigenvalue weighted by atomic mass is 9.91. The summed E-state index contributed by atoms with van der Waals surface area (Å²) in [6.45, 7) is 2.32. The van der Waals surface area contributed by atoms with E-state index in [4.69, 9.17) is 5.73 Å². The molecule has 2 aliphatic rings. The molecule has 6 nitrogen and oxygen atoms in total. The normalized spacial score (nSPS) is 27.2.